The largest absolute Gasteiger partial charge is 0.695 e. The monoisotopic (exact) mass is 372 g/mol. The Kier molecular flexibility index (Phi) is 5.89. The number of halogens is 3. The van der Waals surface area contributed by atoms with Crippen molar-refractivity contribution in [3.8, 4) is 5.75 Å². The standard InChI is InChI=1S/C16H13F3NO4P/c1-10-15(21)14(12(8-20-10)9-24-25(22)23)7-4-11-2-5-13(6-3-11)16(17,18)19/h2-8H,9H2,1H3,(H-,21,22,23)/p+1. The molecule has 25 heavy (non-hydrogen) atoms. The third-order valence-corrected chi connectivity index (χ3v) is 3.72. The van der Waals surface area contributed by atoms with E-state index in [0.29, 0.717) is 22.4 Å². The molecule has 0 saturated carbocycles. The van der Waals surface area contributed by atoms with Crippen LogP contribution in [0.4, 0.5) is 13.2 Å². The van der Waals surface area contributed by atoms with Gasteiger partial charge in [0.25, 0.3) is 0 Å². The number of aryl methyl sites for hydroxylation is 1. The maximum Gasteiger partial charge on any atom is 0.695 e. The van der Waals surface area contributed by atoms with Crippen LogP contribution in [0.3, 0.4) is 0 Å². The Balaban J connectivity index is 2.30. The Morgan fingerprint density at radius 1 is 1.24 bits per heavy atom. The maximum absolute atomic E-state index is 12.6. The van der Waals surface area contributed by atoms with Crippen molar-refractivity contribution in [3.05, 3.63) is 58.4 Å². The lowest BCUT2D eigenvalue weighted by molar-refractivity contribution is -0.137. The Hall–Kier alpha value is -2.28. The van der Waals surface area contributed by atoms with Crippen LogP contribution in [0.25, 0.3) is 12.2 Å². The normalized spacial score (nSPS) is 12.6. The molecule has 1 unspecified atom stereocenters. The molecule has 1 heterocycles. The fourth-order valence-electron chi connectivity index (χ4n) is 2.04. The van der Waals surface area contributed by atoms with Gasteiger partial charge < -0.3 is 5.11 Å². The number of pyridine rings is 1. The number of hydrogen-bond acceptors (Lipinski definition) is 4. The third kappa shape index (κ3) is 5.09. The van der Waals surface area contributed by atoms with Crippen LogP contribution in [-0.4, -0.2) is 15.0 Å². The lowest BCUT2D eigenvalue weighted by Gasteiger charge is -2.08. The first kappa shape index (κ1) is 19.1. The summed E-state index contributed by atoms with van der Waals surface area (Å²) in [5.74, 6) is -0.141. The average molecular weight is 372 g/mol. The minimum Gasteiger partial charge on any atom is -0.505 e. The highest BCUT2D eigenvalue weighted by molar-refractivity contribution is 7.32. The van der Waals surface area contributed by atoms with Gasteiger partial charge >= 0.3 is 14.4 Å². The van der Waals surface area contributed by atoms with Crippen molar-refractivity contribution >= 4 is 20.4 Å². The molecule has 2 N–H and O–H groups in total. The fourth-order valence-corrected chi connectivity index (χ4v) is 2.29. The van der Waals surface area contributed by atoms with Crippen molar-refractivity contribution in [3.63, 3.8) is 0 Å². The molecule has 2 aromatic rings. The molecule has 0 fully saturated rings. The number of nitrogens with zero attached hydrogens (tertiary/aromatic N) is 1. The smallest absolute Gasteiger partial charge is 0.505 e. The number of aromatic nitrogens is 1. The molecule has 1 atom stereocenters. The molecule has 0 radical (unpaired) electrons. The Bertz CT molecular complexity index is 804. The molecule has 5 nitrogen and oxygen atoms in total. The van der Waals surface area contributed by atoms with Crippen LogP contribution >= 0.6 is 8.25 Å². The van der Waals surface area contributed by atoms with Crippen molar-refractivity contribution in [1.29, 1.82) is 0 Å². The quantitative estimate of drug-likeness (QED) is 0.758. The molecular weight excluding hydrogens is 358 g/mol. The highest BCUT2D eigenvalue weighted by Crippen LogP contribution is 2.31. The summed E-state index contributed by atoms with van der Waals surface area (Å²) >= 11 is 0. The van der Waals surface area contributed by atoms with E-state index < -0.39 is 20.0 Å². The van der Waals surface area contributed by atoms with Gasteiger partial charge in [0.1, 0.15) is 12.4 Å². The van der Waals surface area contributed by atoms with Crippen molar-refractivity contribution in [2.24, 2.45) is 0 Å². The molecule has 0 amide bonds. The van der Waals surface area contributed by atoms with E-state index in [1.807, 2.05) is 0 Å². The molecule has 1 aromatic heterocycles. The number of alkyl halides is 3. The first-order valence-electron chi connectivity index (χ1n) is 7.00. The minimum absolute atomic E-state index is 0.141. The third-order valence-electron chi connectivity index (χ3n) is 3.37. The molecule has 132 valence electrons. The molecule has 0 aliphatic rings. The zero-order valence-corrected chi connectivity index (χ0v) is 13.9. The summed E-state index contributed by atoms with van der Waals surface area (Å²) in [6, 6.07) is 4.51. The van der Waals surface area contributed by atoms with Crippen LogP contribution < -0.4 is 0 Å². The molecule has 2 rings (SSSR count). The minimum atomic E-state index is -4.41. The molecule has 1 aromatic carbocycles. The van der Waals surface area contributed by atoms with Gasteiger partial charge in [-0.3, -0.25) is 4.98 Å². The van der Waals surface area contributed by atoms with Gasteiger partial charge in [-0.25, -0.2) is 0 Å². The van der Waals surface area contributed by atoms with Crippen LogP contribution in [0.15, 0.2) is 30.5 Å². The van der Waals surface area contributed by atoms with E-state index in [-0.39, 0.29) is 12.4 Å². The van der Waals surface area contributed by atoms with Gasteiger partial charge in [-0.15, -0.1) is 9.42 Å². The van der Waals surface area contributed by atoms with Crippen molar-refractivity contribution in [2.45, 2.75) is 19.7 Å². The van der Waals surface area contributed by atoms with E-state index >= 15 is 0 Å². The summed E-state index contributed by atoms with van der Waals surface area (Å²) in [5.41, 5.74) is 0.743. The average Bonchev–Trinajstić information content (AvgIpc) is 2.54. The second kappa shape index (κ2) is 7.74. The summed E-state index contributed by atoms with van der Waals surface area (Å²) in [6.45, 7) is 1.32. The number of hydrogen-bond donors (Lipinski definition) is 2. The van der Waals surface area contributed by atoms with E-state index in [1.54, 1.807) is 6.92 Å². The predicted molar refractivity (Wildman–Crippen MR) is 85.6 cm³/mol. The SMILES string of the molecule is Cc1ncc(CO[P+](=O)O)c(C=Cc2ccc(C(F)(F)F)cc2)c1O. The summed E-state index contributed by atoms with van der Waals surface area (Å²) in [6.07, 6.45) is -0.0264. The van der Waals surface area contributed by atoms with Crippen molar-refractivity contribution in [1.82, 2.24) is 4.98 Å². The van der Waals surface area contributed by atoms with E-state index in [4.69, 9.17) is 4.89 Å². The molecule has 0 spiro atoms. The second-order valence-electron chi connectivity index (χ2n) is 5.10. The van der Waals surface area contributed by atoms with Crippen LogP contribution in [0, 0.1) is 6.92 Å². The van der Waals surface area contributed by atoms with Gasteiger partial charge in [-0.05, 0) is 24.6 Å². The van der Waals surface area contributed by atoms with Crippen LogP contribution in [-0.2, 0) is 21.9 Å². The van der Waals surface area contributed by atoms with Crippen LogP contribution in [0.5, 0.6) is 5.75 Å². The number of aromatic hydroxyl groups is 1. The molecule has 0 saturated heterocycles. The molecule has 0 aliphatic carbocycles. The topological polar surface area (TPSA) is 79.7 Å². The molecule has 0 bridgehead atoms. The van der Waals surface area contributed by atoms with Crippen molar-refractivity contribution < 1.29 is 32.3 Å². The van der Waals surface area contributed by atoms with Gasteiger partial charge in [0.05, 0.1) is 11.3 Å². The Labute approximate surface area is 142 Å². The van der Waals surface area contributed by atoms with E-state index in [2.05, 4.69) is 9.51 Å². The predicted octanol–water partition coefficient (Wildman–Crippen LogP) is 4.45. The highest BCUT2D eigenvalue weighted by atomic mass is 31.1. The van der Waals surface area contributed by atoms with E-state index in [0.717, 1.165) is 12.1 Å². The maximum atomic E-state index is 12.6. The van der Waals surface area contributed by atoms with E-state index in [9.17, 15) is 22.8 Å². The Morgan fingerprint density at radius 2 is 1.88 bits per heavy atom. The van der Waals surface area contributed by atoms with Gasteiger partial charge in [0.15, 0.2) is 0 Å². The number of rotatable bonds is 5. The summed E-state index contributed by atoms with van der Waals surface area (Å²) in [5, 5.41) is 10.1. The fraction of sp³-hybridized carbons (Fsp3) is 0.188. The second-order valence-corrected chi connectivity index (χ2v) is 5.83. The van der Waals surface area contributed by atoms with Crippen LogP contribution in [0.2, 0.25) is 0 Å². The Morgan fingerprint density at radius 3 is 2.44 bits per heavy atom. The molecule has 0 aliphatic heterocycles. The highest BCUT2D eigenvalue weighted by Gasteiger charge is 2.29. The van der Waals surface area contributed by atoms with Gasteiger partial charge in [-0.2, -0.15) is 13.2 Å². The van der Waals surface area contributed by atoms with Gasteiger partial charge in [0, 0.05) is 21.9 Å². The summed E-state index contributed by atoms with van der Waals surface area (Å²) in [4.78, 5) is 12.7. The lowest BCUT2D eigenvalue weighted by Crippen LogP contribution is -2.03. The lowest BCUT2D eigenvalue weighted by atomic mass is 10.1. The van der Waals surface area contributed by atoms with Gasteiger partial charge in [0.2, 0.25) is 0 Å². The molecule has 9 heteroatoms. The summed E-state index contributed by atoms with van der Waals surface area (Å²) < 4.78 is 52.9. The van der Waals surface area contributed by atoms with Gasteiger partial charge in [-0.1, -0.05) is 24.3 Å². The van der Waals surface area contributed by atoms with E-state index in [1.165, 1.54) is 30.5 Å². The first-order chi connectivity index (χ1) is 11.7. The first-order valence-corrected chi connectivity index (χ1v) is 8.13. The summed E-state index contributed by atoms with van der Waals surface area (Å²) in [7, 11) is -2.81. The van der Waals surface area contributed by atoms with Crippen LogP contribution in [0.1, 0.15) is 27.9 Å². The van der Waals surface area contributed by atoms with Crippen molar-refractivity contribution in [2.75, 3.05) is 0 Å². The zero-order chi connectivity index (χ0) is 18.6. The number of benzene rings is 1. The zero-order valence-electron chi connectivity index (χ0n) is 13.0. The molecular formula is C16H14F3NO4P+.